The van der Waals surface area contributed by atoms with Crippen LogP contribution in [0.4, 0.5) is 5.69 Å². The van der Waals surface area contributed by atoms with Gasteiger partial charge in [0.2, 0.25) is 0 Å². The molecule has 0 fully saturated rings. The van der Waals surface area contributed by atoms with E-state index in [9.17, 15) is 14.7 Å². The van der Waals surface area contributed by atoms with Crippen molar-refractivity contribution in [2.24, 2.45) is 0 Å². The second-order valence-electron chi connectivity index (χ2n) is 4.68. The molecule has 2 amide bonds. The first kappa shape index (κ1) is 13.0. The fourth-order valence-electron chi connectivity index (χ4n) is 1.16. The summed E-state index contributed by atoms with van der Waals surface area (Å²) in [5.41, 5.74) is -0.269. The lowest BCUT2D eigenvalue weighted by Gasteiger charge is -2.19. The van der Waals surface area contributed by atoms with Crippen LogP contribution in [0.15, 0.2) is 24.3 Å². The molecule has 0 atom stereocenters. The zero-order valence-corrected chi connectivity index (χ0v) is 10.1. The fourth-order valence-corrected chi connectivity index (χ4v) is 1.16. The quantitative estimate of drug-likeness (QED) is 0.507. The molecule has 1 rings (SSSR count). The van der Waals surface area contributed by atoms with E-state index in [0.717, 1.165) is 0 Å². The molecule has 92 valence electrons. The van der Waals surface area contributed by atoms with Crippen LogP contribution in [0.25, 0.3) is 0 Å². The maximum Gasteiger partial charge on any atom is 0.313 e. The van der Waals surface area contributed by atoms with Crippen molar-refractivity contribution in [1.82, 2.24) is 5.32 Å². The summed E-state index contributed by atoms with van der Waals surface area (Å²) in [4.78, 5) is 23.0. The number of carbonyl (C=O) groups is 2. The molecule has 0 aromatic heterocycles. The minimum Gasteiger partial charge on any atom is -0.506 e. The van der Waals surface area contributed by atoms with Crippen molar-refractivity contribution in [1.29, 1.82) is 0 Å². The number of phenols is 1. The Labute approximate surface area is 99.8 Å². The van der Waals surface area contributed by atoms with Gasteiger partial charge in [-0.25, -0.2) is 0 Å². The van der Waals surface area contributed by atoms with Gasteiger partial charge in [-0.05, 0) is 32.9 Å². The summed E-state index contributed by atoms with van der Waals surface area (Å²) in [6, 6.07) is 6.21. The molecule has 0 unspecified atom stereocenters. The van der Waals surface area contributed by atoms with Gasteiger partial charge in [-0.1, -0.05) is 12.1 Å². The van der Waals surface area contributed by atoms with Gasteiger partial charge in [0.05, 0.1) is 5.69 Å². The molecule has 0 aliphatic rings. The number of benzene rings is 1. The van der Waals surface area contributed by atoms with Gasteiger partial charge in [0, 0.05) is 5.54 Å². The summed E-state index contributed by atoms with van der Waals surface area (Å²) in [6.45, 7) is 5.33. The van der Waals surface area contributed by atoms with Crippen molar-refractivity contribution in [2.45, 2.75) is 26.3 Å². The number of rotatable bonds is 1. The van der Waals surface area contributed by atoms with Gasteiger partial charge in [-0.2, -0.15) is 0 Å². The second kappa shape index (κ2) is 4.86. The van der Waals surface area contributed by atoms with Gasteiger partial charge in [0.15, 0.2) is 0 Å². The molecule has 0 bridgehead atoms. The van der Waals surface area contributed by atoms with Crippen molar-refractivity contribution in [3.63, 3.8) is 0 Å². The first-order valence-corrected chi connectivity index (χ1v) is 5.21. The number of para-hydroxylation sites is 2. The average Bonchev–Trinajstić information content (AvgIpc) is 2.18. The lowest BCUT2D eigenvalue weighted by molar-refractivity contribution is -0.137. The number of hydrogen-bond donors (Lipinski definition) is 3. The Balaban J connectivity index is 2.68. The maximum absolute atomic E-state index is 11.5. The molecule has 0 radical (unpaired) electrons. The predicted octanol–water partition coefficient (Wildman–Crippen LogP) is 1.25. The average molecular weight is 236 g/mol. The van der Waals surface area contributed by atoms with Gasteiger partial charge in [0.1, 0.15) is 5.75 Å². The molecule has 0 saturated heterocycles. The highest BCUT2D eigenvalue weighted by Gasteiger charge is 2.20. The largest absolute Gasteiger partial charge is 0.506 e. The number of amides is 2. The lowest BCUT2D eigenvalue weighted by atomic mass is 10.1. The topological polar surface area (TPSA) is 78.4 Å². The summed E-state index contributed by atoms with van der Waals surface area (Å²) in [7, 11) is 0. The van der Waals surface area contributed by atoms with E-state index in [0.29, 0.717) is 0 Å². The van der Waals surface area contributed by atoms with Crippen molar-refractivity contribution < 1.29 is 14.7 Å². The van der Waals surface area contributed by atoms with Gasteiger partial charge in [-0.15, -0.1) is 0 Å². The Hall–Kier alpha value is -2.04. The molecule has 0 heterocycles. The van der Waals surface area contributed by atoms with E-state index in [1.807, 2.05) is 0 Å². The third kappa shape index (κ3) is 4.14. The Kier molecular flexibility index (Phi) is 3.73. The zero-order chi connectivity index (χ0) is 13.1. The molecule has 0 spiro atoms. The maximum atomic E-state index is 11.5. The molecule has 1 aromatic rings. The van der Waals surface area contributed by atoms with Crippen LogP contribution in [-0.2, 0) is 9.59 Å². The Morgan fingerprint density at radius 2 is 1.71 bits per heavy atom. The molecule has 5 heteroatoms. The smallest absolute Gasteiger partial charge is 0.313 e. The van der Waals surface area contributed by atoms with Crippen LogP contribution in [0.5, 0.6) is 5.75 Å². The molecule has 3 N–H and O–H groups in total. The normalized spacial score (nSPS) is 10.8. The van der Waals surface area contributed by atoms with E-state index in [1.165, 1.54) is 12.1 Å². The van der Waals surface area contributed by atoms with Crippen molar-refractivity contribution >= 4 is 17.5 Å². The Morgan fingerprint density at radius 1 is 1.12 bits per heavy atom. The number of carbonyl (C=O) groups excluding carboxylic acids is 2. The highest BCUT2D eigenvalue weighted by atomic mass is 16.3. The van der Waals surface area contributed by atoms with E-state index < -0.39 is 17.4 Å². The summed E-state index contributed by atoms with van der Waals surface area (Å²) in [5, 5.41) is 14.3. The van der Waals surface area contributed by atoms with Crippen LogP contribution in [0, 0.1) is 0 Å². The van der Waals surface area contributed by atoms with Crippen LogP contribution in [0.1, 0.15) is 20.8 Å². The van der Waals surface area contributed by atoms with Crippen LogP contribution in [0.3, 0.4) is 0 Å². The third-order valence-electron chi connectivity index (χ3n) is 1.85. The standard InChI is InChI=1S/C12H16N2O3/c1-12(2,3)14-11(17)10(16)13-8-6-4-5-7-9(8)15/h4-7,15H,1-3H3,(H,13,16)(H,14,17). The van der Waals surface area contributed by atoms with Gasteiger partial charge in [0.25, 0.3) is 0 Å². The van der Waals surface area contributed by atoms with Crippen LogP contribution in [-0.4, -0.2) is 22.5 Å². The SMILES string of the molecule is CC(C)(C)NC(=O)C(=O)Nc1ccccc1O. The first-order chi connectivity index (χ1) is 7.79. The van der Waals surface area contributed by atoms with E-state index in [1.54, 1.807) is 32.9 Å². The monoisotopic (exact) mass is 236 g/mol. The predicted molar refractivity (Wildman–Crippen MR) is 64.6 cm³/mol. The molecule has 0 aliphatic carbocycles. The molecule has 5 nitrogen and oxygen atoms in total. The summed E-state index contributed by atoms with van der Waals surface area (Å²) >= 11 is 0. The highest BCUT2D eigenvalue weighted by Crippen LogP contribution is 2.21. The van der Waals surface area contributed by atoms with Crippen LogP contribution < -0.4 is 10.6 Å². The molecule has 0 saturated carbocycles. The van der Waals surface area contributed by atoms with Crippen LogP contribution >= 0.6 is 0 Å². The van der Waals surface area contributed by atoms with Crippen molar-refractivity contribution in [3.8, 4) is 5.75 Å². The number of hydrogen-bond acceptors (Lipinski definition) is 3. The van der Waals surface area contributed by atoms with E-state index in [2.05, 4.69) is 10.6 Å². The van der Waals surface area contributed by atoms with E-state index in [4.69, 9.17) is 0 Å². The van der Waals surface area contributed by atoms with Crippen molar-refractivity contribution in [2.75, 3.05) is 5.32 Å². The Bertz CT molecular complexity index is 436. The van der Waals surface area contributed by atoms with Gasteiger partial charge >= 0.3 is 11.8 Å². The third-order valence-corrected chi connectivity index (χ3v) is 1.85. The number of anilines is 1. The summed E-state index contributed by atoms with van der Waals surface area (Å²) in [5.74, 6) is -1.62. The van der Waals surface area contributed by atoms with Gasteiger partial charge < -0.3 is 15.7 Å². The molecule has 0 aliphatic heterocycles. The molecule has 17 heavy (non-hydrogen) atoms. The zero-order valence-electron chi connectivity index (χ0n) is 10.1. The number of nitrogens with one attached hydrogen (secondary N) is 2. The van der Waals surface area contributed by atoms with Gasteiger partial charge in [-0.3, -0.25) is 9.59 Å². The summed E-state index contributed by atoms with van der Waals surface area (Å²) in [6.07, 6.45) is 0. The molecular formula is C12H16N2O3. The lowest BCUT2D eigenvalue weighted by Crippen LogP contribution is -2.46. The minimum absolute atomic E-state index is 0.0793. The van der Waals surface area contributed by atoms with E-state index >= 15 is 0 Å². The van der Waals surface area contributed by atoms with Crippen LogP contribution in [0.2, 0.25) is 0 Å². The number of phenolic OH excluding ortho intramolecular Hbond substituents is 1. The van der Waals surface area contributed by atoms with Crippen molar-refractivity contribution in [3.05, 3.63) is 24.3 Å². The molecule has 1 aromatic carbocycles. The highest BCUT2D eigenvalue weighted by molar-refractivity contribution is 6.39. The summed E-state index contributed by atoms with van der Waals surface area (Å²) < 4.78 is 0. The minimum atomic E-state index is -0.804. The fraction of sp³-hybridized carbons (Fsp3) is 0.333. The Morgan fingerprint density at radius 3 is 2.24 bits per heavy atom. The van der Waals surface area contributed by atoms with E-state index in [-0.39, 0.29) is 11.4 Å². The first-order valence-electron chi connectivity index (χ1n) is 5.21. The molecular weight excluding hydrogens is 220 g/mol. The second-order valence-corrected chi connectivity index (χ2v) is 4.68. The number of aromatic hydroxyl groups is 1.